The van der Waals surface area contributed by atoms with Gasteiger partial charge in [-0.05, 0) is 65.9 Å². The Morgan fingerprint density at radius 1 is 1.14 bits per heavy atom. The number of halogens is 1. The minimum absolute atomic E-state index is 0.113. The summed E-state index contributed by atoms with van der Waals surface area (Å²) in [4.78, 5) is 12.2. The molecule has 0 saturated carbocycles. The van der Waals surface area contributed by atoms with Gasteiger partial charge in [-0.3, -0.25) is 4.79 Å². The second-order valence-corrected chi connectivity index (χ2v) is 5.81. The molecule has 2 aromatic rings. The first-order chi connectivity index (χ1) is 10.1. The van der Waals surface area contributed by atoms with Crippen LogP contribution in [0.25, 0.3) is 0 Å². The van der Waals surface area contributed by atoms with E-state index in [1.807, 2.05) is 55.5 Å². The van der Waals surface area contributed by atoms with Gasteiger partial charge in [-0.25, -0.2) is 0 Å². The Morgan fingerprint density at radius 3 is 2.48 bits per heavy atom. The highest BCUT2D eigenvalue weighted by Crippen LogP contribution is 2.23. The van der Waals surface area contributed by atoms with Crippen LogP contribution in [0.5, 0.6) is 5.75 Å². The first-order valence-corrected chi connectivity index (χ1v) is 7.64. The molecule has 2 rings (SSSR count). The lowest BCUT2D eigenvalue weighted by atomic mass is 10.2. The minimum Gasteiger partial charge on any atom is -0.495 e. The van der Waals surface area contributed by atoms with Crippen molar-refractivity contribution < 1.29 is 9.53 Å². The van der Waals surface area contributed by atoms with E-state index in [1.165, 1.54) is 0 Å². The average Bonchev–Trinajstić information content (AvgIpc) is 2.50. The zero-order chi connectivity index (χ0) is 15.2. The van der Waals surface area contributed by atoms with E-state index < -0.39 is 0 Å². The maximum atomic E-state index is 12.2. The van der Waals surface area contributed by atoms with Crippen LogP contribution in [0.3, 0.4) is 0 Å². The molecule has 0 fully saturated rings. The molecule has 21 heavy (non-hydrogen) atoms. The SMILES string of the molecule is COc1ccccc1NC(=O)[C@H](C)Nc1ccc(I)cc1. The molecule has 4 nitrogen and oxygen atoms in total. The predicted molar refractivity (Wildman–Crippen MR) is 93.9 cm³/mol. The largest absolute Gasteiger partial charge is 0.495 e. The second-order valence-electron chi connectivity index (χ2n) is 4.56. The van der Waals surface area contributed by atoms with E-state index in [0.29, 0.717) is 11.4 Å². The Morgan fingerprint density at radius 2 is 1.81 bits per heavy atom. The van der Waals surface area contributed by atoms with E-state index in [0.717, 1.165) is 9.26 Å². The van der Waals surface area contributed by atoms with Crippen LogP contribution in [0, 0.1) is 3.57 Å². The molecular weight excluding hydrogens is 379 g/mol. The molecule has 0 bridgehead atoms. The quantitative estimate of drug-likeness (QED) is 0.758. The summed E-state index contributed by atoms with van der Waals surface area (Å²) >= 11 is 2.25. The number of amides is 1. The van der Waals surface area contributed by atoms with Crippen LogP contribution in [0.1, 0.15) is 6.92 Å². The van der Waals surface area contributed by atoms with Gasteiger partial charge in [0, 0.05) is 9.26 Å². The van der Waals surface area contributed by atoms with Crippen molar-refractivity contribution >= 4 is 39.9 Å². The Bertz CT molecular complexity index is 614. The number of hydrogen-bond donors (Lipinski definition) is 2. The van der Waals surface area contributed by atoms with Gasteiger partial charge in [-0.15, -0.1) is 0 Å². The summed E-state index contributed by atoms with van der Waals surface area (Å²) in [6.07, 6.45) is 0. The maximum absolute atomic E-state index is 12.2. The molecule has 110 valence electrons. The molecule has 0 aliphatic rings. The van der Waals surface area contributed by atoms with Crippen molar-refractivity contribution in [2.75, 3.05) is 17.7 Å². The van der Waals surface area contributed by atoms with Crippen molar-refractivity contribution in [3.8, 4) is 5.75 Å². The number of nitrogens with one attached hydrogen (secondary N) is 2. The fraction of sp³-hybridized carbons (Fsp3) is 0.188. The normalized spacial score (nSPS) is 11.6. The number of carbonyl (C=O) groups excluding carboxylic acids is 1. The van der Waals surface area contributed by atoms with E-state index >= 15 is 0 Å². The van der Waals surface area contributed by atoms with Crippen molar-refractivity contribution in [1.29, 1.82) is 0 Å². The second kappa shape index (κ2) is 7.31. The molecule has 0 aliphatic heterocycles. The number of hydrogen-bond acceptors (Lipinski definition) is 3. The number of ether oxygens (including phenoxy) is 1. The van der Waals surface area contributed by atoms with Gasteiger partial charge in [0.25, 0.3) is 0 Å². The van der Waals surface area contributed by atoms with Crippen LogP contribution in [-0.2, 0) is 4.79 Å². The third-order valence-electron chi connectivity index (χ3n) is 2.99. The smallest absolute Gasteiger partial charge is 0.246 e. The number of anilines is 2. The minimum atomic E-state index is -0.352. The topological polar surface area (TPSA) is 50.4 Å². The lowest BCUT2D eigenvalue weighted by Gasteiger charge is -2.16. The van der Waals surface area contributed by atoms with Gasteiger partial charge >= 0.3 is 0 Å². The maximum Gasteiger partial charge on any atom is 0.246 e. The van der Waals surface area contributed by atoms with Gasteiger partial charge in [0.1, 0.15) is 11.8 Å². The Labute approximate surface area is 138 Å². The molecule has 0 heterocycles. The Balaban J connectivity index is 2.01. The van der Waals surface area contributed by atoms with Gasteiger partial charge < -0.3 is 15.4 Å². The van der Waals surface area contributed by atoms with E-state index in [9.17, 15) is 4.79 Å². The molecule has 1 atom stereocenters. The van der Waals surface area contributed by atoms with Gasteiger partial charge in [0.15, 0.2) is 0 Å². The van der Waals surface area contributed by atoms with Crippen LogP contribution in [0.4, 0.5) is 11.4 Å². The van der Waals surface area contributed by atoms with Crippen molar-refractivity contribution in [2.24, 2.45) is 0 Å². The lowest BCUT2D eigenvalue weighted by molar-refractivity contribution is -0.116. The number of para-hydroxylation sites is 2. The molecule has 0 spiro atoms. The Kier molecular flexibility index (Phi) is 5.44. The van der Waals surface area contributed by atoms with Gasteiger partial charge in [0.2, 0.25) is 5.91 Å². The number of methoxy groups -OCH3 is 1. The van der Waals surface area contributed by atoms with E-state index in [-0.39, 0.29) is 11.9 Å². The zero-order valence-corrected chi connectivity index (χ0v) is 14.0. The summed E-state index contributed by atoms with van der Waals surface area (Å²) in [5, 5.41) is 6.04. The molecular formula is C16H17IN2O2. The molecule has 5 heteroatoms. The molecule has 0 unspecified atom stereocenters. The summed E-state index contributed by atoms with van der Waals surface area (Å²) in [6, 6.07) is 14.9. The molecule has 0 aliphatic carbocycles. The van der Waals surface area contributed by atoms with Crippen molar-refractivity contribution in [1.82, 2.24) is 0 Å². The third-order valence-corrected chi connectivity index (χ3v) is 3.70. The van der Waals surface area contributed by atoms with E-state index in [1.54, 1.807) is 7.11 Å². The van der Waals surface area contributed by atoms with Crippen LogP contribution in [0.15, 0.2) is 48.5 Å². The summed E-state index contributed by atoms with van der Waals surface area (Å²) < 4.78 is 6.38. The Hall–Kier alpha value is -1.76. The van der Waals surface area contributed by atoms with Crippen LogP contribution < -0.4 is 15.4 Å². The highest BCUT2D eigenvalue weighted by molar-refractivity contribution is 14.1. The zero-order valence-electron chi connectivity index (χ0n) is 11.9. The highest BCUT2D eigenvalue weighted by Gasteiger charge is 2.14. The third kappa shape index (κ3) is 4.35. The monoisotopic (exact) mass is 396 g/mol. The summed E-state index contributed by atoms with van der Waals surface area (Å²) in [5.74, 6) is 0.533. The van der Waals surface area contributed by atoms with Crippen molar-refractivity contribution in [3.63, 3.8) is 0 Å². The first-order valence-electron chi connectivity index (χ1n) is 6.56. The standard InChI is InChI=1S/C16H17IN2O2/c1-11(18-13-9-7-12(17)8-10-13)16(20)19-14-5-3-4-6-15(14)21-2/h3-11,18H,1-2H3,(H,19,20)/t11-/m0/s1. The number of carbonyl (C=O) groups is 1. The molecule has 2 aromatic carbocycles. The highest BCUT2D eigenvalue weighted by atomic mass is 127. The van der Waals surface area contributed by atoms with Gasteiger partial charge in [-0.1, -0.05) is 12.1 Å². The molecule has 0 saturated heterocycles. The first kappa shape index (κ1) is 15.6. The summed E-state index contributed by atoms with van der Waals surface area (Å²) in [5.41, 5.74) is 1.58. The molecule has 0 aromatic heterocycles. The van der Waals surface area contributed by atoms with Crippen LogP contribution >= 0.6 is 22.6 Å². The molecule has 2 N–H and O–H groups in total. The fourth-order valence-corrected chi connectivity index (χ4v) is 2.21. The van der Waals surface area contributed by atoms with E-state index in [2.05, 4.69) is 33.2 Å². The van der Waals surface area contributed by atoms with Crippen molar-refractivity contribution in [2.45, 2.75) is 13.0 Å². The van der Waals surface area contributed by atoms with Gasteiger partial charge in [0.05, 0.1) is 12.8 Å². The fourth-order valence-electron chi connectivity index (χ4n) is 1.85. The molecule has 1 amide bonds. The van der Waals surface area contributed by atoms with Crippen LogP contribution in [0.2, 0.25) is 0 Å². The predicted octanol–water partition coefficient (Wildman–Crippen LogP) is 3.74. The number of benzene rings is 2. The summed E-state index contributed by atoms with van der Waals surface area (Å²) in [6.45, 7) is 1.82. The van der Waals surface area contributed by atoms with E-state index in [4.69, 9.17) is 4.74 Å². The lowest BCUT2D eigenvalue weighted by Crippen LogP contribution is -2.31. The summed E-state index contributed by atoms with van der Waals surface area (Å²) in [7, 11) is 1.58. The average molecular weight is 396 g/mol. The van der Waals surface area contributed by atoms with Gasteiger partial charge in [-0.2, -0.15) is 0 Å². The van der Waals surface area contributed by atoms with Crippen molar-refractivity contribution in [3.05, 3.63) is 52.1 Å². The molecule has 0 radical (unpaired) electrons. The number of rotatable bonds is 5. The van der Waals surface area contributed by atoms with Crippen LogP contribution in [-0.4, -0.2) is 19.1 Å².